The zero-order chi connectivity index (χ0) is 12.8. The topological polar surface area (TPSA) is 42.0 Å². The lowest BCUT2D eigenvalue weighted by atomic mass is 10.3. The van der Waals surface area contributed by atoms with E-state index in [0.29, 0.717) is 5.75 Å². The highest BCUT2D eigenvalue weighted by Gasteiger charge is 2.03. The number of hydrogen-bond acceptors (Lipinski definition) is 4. The molecule has 0 aliphatic carbocycles. The van der Waals surface area contributed by atoms with Crippen LogP contribution in [0.1, 0.15) is 5.56 Å². The van der Waals surface area contributed by atoms with Crippen LogP contribution in [0.2, 0.25) is 0 Å². The molecule has 0 spiro atoms. The van der Waals surface area contributed by atoms with Crippen molar-refractivity contribution in [3.8, 4) is 0 Å². The molecule has 0 radical (unpaired) electrons. The number of carbonyl (C=O) groups is 1. The van der Waals surface area contributed by atoms with E-state index < -0.39 is 0 Å². The molecule has 0 bridgehead atoms. The van der Waals surface area contributed by atoms with Gasteiger partial charge in [-0.05, 0) is 35.9 Å². The van der Waals surface area contributed by atoms with E-state index >= 15 is 0 Å². The Morgan fingerprint density at radius 3 is 2.72 bits per heavy atom. The minimum absolute atomic E-state index is 0.0780. The maximum absolute atomic E-state index is 11.7. The second-order valence-electron chi connectivity index (χ2n) is 3.61. The van der Waals surface area contributed by atoms with Gasteiger partial charge in [0.25, 0.3) is 5.24 Å². The normalized spacial score (nSPS) is 10.1. The predicted octanol–water partition coefficient (Wildman–Crippen LogP) is 3.84. The number of carbonyl (C=O) groups excluding carboxylic acids is 1. The number of aromatic nitrogens is 1. The van der Waals surface area contributed by atoms with Gasteiger partial charge in [-0.2, -0.15) is 0 Å². The SMILES string of the molecule is O=C(Nc1ccc(S)cc1)SCc1cccnc1. The van der Waals surface area contributed by atoms with Crippen LogP contribution in [0.5, 0.6) is 0 Å². The lowest BCUT2D eigenvalue weighted by molar-refractivity contribution is 0.269. The second-order valence-corrected chi connectivity index (χ2v) is 5.07. The monoisotopic (exact) mass is 276 g/mol. The lowest BCUT2D eigenvalue weighted by Gasteiger charge is -2.04. The van der Waals surface area contributed by atoms with Crippen molar-refractivity contribution >= 4 is 35.3 Å². The maximum Gasteiger partial charge on any atom is 0.283 e. The number of pyridine rings is 1. The Labute approximate surface area is 115 Å². The molecule has 0 saturated heterocycles. The molecule has 0 unspecified atom stereocenters. The second kappa shape index (κ2) is 6.47. The molecule has 2 rings (SSSR count). The first-order valence-corrected chi connectivity index (χ1v) is 6.79. The van der Waals surface area contributed by atoms with Crippen LogP contribution in [0.4, 0.5) is 10.5 Å². The van der Waals surface area contributed by atoms with Crippen LogP contribution in [-0.4, -0.2) is 10.2 Å². The third-order valence-corrected chi connectivity index (χ3v) is 3.35. The first kappa shape index (κ1) is 13.0. The summed E-state index contributed by atoms with van der Waals surface area (Å²) in [7, 11) is 0. The number of thioether (sulfide) groups is 1. The summed E-state index contributed by atoms with van der Waals surface area (Å²) in [6.07, 6.45) is 3.48. The molecule has 0 atom stereocenters. The van der Waals surface area contributed by atoms with Gasteiger partial charge in [-0.15, -0.1) is 12.6 Å². The van der Waals surface area contributed by atoms with Crippen LogP contribution >= 0.6 is 24.4 Å². The fourth-order valence-corrected chi connectivity index (χ4v) is 2.14. The summed E-state index contributed by atoms with van der Waals surface area (Å²) in [5.41, 5.74) is 1.81. The zero-order valence-corrected chi connectivity index (χ0v) is 11.2. The molecule has 1 aromatic heterocycles. The molecule has 2 aromatic rings. The zero-order valence-electron chi connectivity index (χ0n) is 9.54. The number of thiol groups is 1. The Morgan fingerprint density at radius 1 is 1.28 bits per heavy atom. The molecule has 0 fully saturated rings. The van der Waals surface area contributed by atoms with E-state index in [-0.39, 0.29) is 5.24 Å². The number of rotatable bonds is 3. The summed E-state index contributed by atoms with van der Waals surface area (Å²) < 4.78 is 0. The van der Waals surface area contributed by atoms with E-state index in [4.69, 9.17) is 0 Å². The maximum atomic E-state index is 11.7. The van der Waals surface area contributed by atoms with Gasteiger partial charge >= 0.3 is 0 Å². The third kappa shape index (κ3) is 4.09. The number of hydrogen-bond donors (Lipinski definition) is 2. The standard InChI is InChI=1S/C13H12N2OS2/c16-13(15-11-3-5-12(17)6-4-11)18-9-10-2-1-7-14-8-10/h1-8,17H,9H2,(H,15,16). The van der Waals surface area contributed by atoms with E-state index in [1.807, 2.05) is 36.4 Å². The van der Waals surface area contributed by atoms with E-state index in [9.17, 15) is 4.79 Å². The van der Waals surface area contributed by atoms with Crippen LogP contribution in [0, 0.1) is 0 Å². The van der Waals surface area contributed by atoms with Crippen molar-refractivity contribution in [1.82, 2.24) is 4.98 Å². The molecule has 18 heavy (non-hydrogen) atoms. The summed E-state index contributed by atoms with van der Waals surface area (Å²) in [6.45, 7) is 0. The van der Waals surface area contributed by atoms with Gasteiger partial charge in [0.15, 0.2) is 0 Å². The highest BCUT2D eigenvalue weighted by Crippen LogP contribution is 2.17. The molecule has 1 N–H and O–H groups in total. The number of nitrogens with one attached hydrogen (secondary N) is 1. The van der Waals surface area contributed by atoms with E-state index in [1.54, 1.807) is 12.4 Å². The van der Waals surface area contributed by atoms with Gasteiger partial charge in [-0.25, -0.2) is 0 Å². The number of nitrogens with zero attached hydrogens (tertiary/aromatic N) is 1. The lowest BCUT2D eigenvalue weighted by Crippen LogP contribution is -2.04. The summed E-state index contributed by atoms with van der Waals surface area (Å²) >= 11 is 5.41. The highest BCUT2D eigenvalue weighted by atomic mass is 32.2. The first-order chi connectivity index (χ1) is 8.74. The van der Waals surface area contributed by atoms with Gasteiger partial charge in [-0.3, -0.25) is 9.78 Å². The van der Waals surface area contributed by atoms with Crippen molar-refractivity contribution in [2.24, 2.45) is 0 Å². The highest BCUT2D eigenvalue weighted by molar-refractivity contribution is 8.13. The van der Waals surface area contributed by atoms with Crippen LogP contribution in [0.3, 0.4) is 0 Å². The van der Waals surface area contributed by atoms with Crippen molar-refractivity contribution in [2.75, 3.05) is 5.32 Å². The average molecular weight is 276 g/mol. The van der Waals surface area contributed by atoms with Gasteiger partial charge in [-0.1, -0.05) is 17.8 Å². The summed E-state index contributed by atoms with van der Waals surface area (Å²) in [5, 5.41) is 2.73. The minimum Gasteiger partial charge on any atom is -0.317 e. The third-order valence-electron chi connectivity index (χ3n) is 2.21. The van der Waals surface area contributed by atoms with Gasteiger partial charge in [0.1, 0.15) is 0 Å². The average Bonchev–Trinajstić information content (AvgIpc) is 2.40. The Kier molecular flexibility index (Phi) is 4.66. The van der Waals surface area contributed by atoms with Crippen LogP contribution < -0.4 is 5.32 Å². The molecular formula is C13H12N2OS2. The Morgan fingerprint density at radius 2 is 2.06 bits per heavy atom. The number of benzene rings is 1. The molecular weight excluding hydrogens is 264 g/mol. The quantitative estimate of drug-likeness (QED) is 0.837. The van der Waals surface area contributed by atoms with Crippen molar-refractivity contribution in [1.29, 1.82) is 0 Å². The number of anilines is 1. The van der Waals surface area contributed by atoms with Crippen LogP contribution in [0.25, 0.3) is 0 Å². The molecule has 0 saturated carbocycles. The van der Waals surface area contributed by atoms with Crippen molar-refractivity contribution in [2.45, 2.75) is 10.6 Å². The smallest absolute Gasteiger partial charge is 0.283 e. The largest absolute Gasteiger partial charge is 0.317 e. The van der Waals surface area contributed by atoms with Crippen molar-refractivity contribution in [3.05, 3.63) is 54.4 Å². The molecule has 3 nitrogen and oxygen atoms in total. The first-order valence-electron chi connectivity index (χ1n) is 5.36. The Balaban J connectivity index is 1.84. The molecule has 0 aliphatic rings. The molecule has 5 heteroatoms. The van der Waals surface area contributed by atoms with Crippen molar-refractivity contribution in [3.63, 3.8) is 0 Å². The van der Waals surface area contributed by atoms with E-state index in [0.717, 1.165) is 16.1 Å². The number of amides is 1. The molecule has 0 aliphatic heterocycles. The Hall–Kier alpha value is -1.46. The van der Waals surface area contributed by atoms with E-state index in [1.165, 1.54) is 11.8 Å². The van der Waals surface area contributed by atoms with Crippen molar-refractivity contribution < 1.29 is 4.79 Å². The minimum atomic E-state index is -0.0780. The molecule has 1 amide bonds. The fraction of sp³-hybridized carbons (Fsp3) is 0.0769. The summed E-state index contributed by atoms with van der Waals surface area (Å²) in [4.78, 5) is 16.6. The van der Waals surface area contributed by atoms with Gasteiger partial charge < -0.3 is 5.32 Å². The van der Waals surface area contributed by atoms with Gasteiger partial charge in [0.05, 0.1) is 0 Å². The summed E-state index contributed by atoms with van der Waals surface area (Å²) in [5.74, 6) is 0.615. The Bertz CT molecular complexity index is 514. The molecule has 92 valence electrons. The molecule has 1 heterocycles. The van der Waals surface area contributed by atoms with E-state index in [2.05, 4.69) is 22.9 Å². The van der Waals surface area contributed by atoms with Crippen LogP contribution in [-0.2, 0) is 5.75 Å². The summed E-state index contributed by atoms with van der Waals surface area (Å²) in [6, 6.07) is 11.1. The predicted molar refractivity (Wildman–Crippen MR) is 78.2 cm³/mol. The van der Waals surface area contributed by atoms with Gasteiger partial charge in [0, 0.05) is 28.7 Å². The fourth-order valence-electron chi connectivity index (χ4n) is 1.33. The van der Waals surface area contributed by atoms with Gasteiger partial charge in [0.2, 0.25) is 0 Å². The van der Waals surface area contributed by atoms with Crippen LogP contribution in [0.15, 0.2) is 53.7 Å². The molecule has 1 aromatic carbocycles.